The predicted molar refractivity (Wildman–Crippen MR) is 115 cm³/mol. The topological polar surface area (TPSA) is 127 Å². The SMILES string of the molecule is CCOC(=O)N1CCN(C(=O)c2snc(C(=O)NCc3ccc(OC)cc3)c2N)CC1. The van der Waals surface area contributed by atoms with Crippen LogP contribution in [-0.2, 0) is 11.3 Å². The molecule has 3 N–H and O–H groups in total. The van der Waals surface area contributed by atoms with Gasteiger partial charge in [0.15, 0.2) is 5.69 Å². The maximum Gasteiger partial charge on any atom is 0.409 e. The molecule has 0 atom stereocenters. The average molecular weight is 448 g/mol. The Kier molecular flexibility index (Phi) is 7.29. The number of amides is 3. The standard InChI is InChI=1S/C20H25N5O5S/c1-3-30-20(28)25-10-8-24(9-11-25)19(27)17-15(21)16(23-31-17)18(26)22-12-13-4-6-14(29-2)7-5-13/h4-7H,3,8-12,21H2,1-2H3,(H,22,26). The fourth-order valence-electron chi connectivity index (χ4n) is 3.08. The quantitative estimate of drug-likeness (QED) is 0.688. The summed E-state index contributed by atoms with van der Waals surface area (Å²) < 4.78 is 14.2. The van der Waals surface area contributed by atoms with Crippen molar-refractivity contribution in [3.63, 3.8) is 0 Å². The fourth-order valence-corrected chi connectivity index (χ4v) is 3.84. The molecule has 166 valence electrons. The molecule has 1 aromatic carbocycles. The molecule has 1 aliphatic heterocycles. The van der Waals surface area contributed by atoms with Crippen molar-refractivity contribution in [2.24, 2.45) is 0 Å². The van der Waals surface area contributed by atoms with Gasteiger partial charge in [0.05, 0.1) is 19.4 Å². The Balaban J connectivity index is 1.58. The summed E-state index contributed by atoms with van der Waals surface area (Å²) in [7, 11) is 1.58. The minimum atomic E-state index is -0.448. The van der Waals surface area contributed by atoms with Crippen molar-refractivity contribution in [1.82, 2.24) is 19.5 Å². The summed E-state index contributed by atoms with van der Waals surface area (Å²) in [6, 6.07) is 7.29. The lowest BCUT2D eigenvalue weighted by Gasteiger charge is -2.33. The molecular weight excluding hydrogens is 422 g/mol. The van der Waals surface area contributed by atoms with Crippen LogP contribution >= 0.6 is 11.5 Å². The molecule has 2 aromatic rings. The summed E-state index contributed by atoms with van der Waals surface area (Å²) in [5.41, 5.74) is 7.06. The predicted octanol–water partition coefficient (Wildman–Crippen LogP) is 1.58. The van der Waals surface area contributed by atoms with E-state index in [1.54, 1.807) is 36.0 Å². The van der Waals surface area contributed by atoms with Gasteiger partial charge in [0, 0.05) is 32.7 Å². The number of nitrogens with zero attached hydrogens (tertiary/aromatic N) is 3. The number of nitrogen functional groups attached to an aromatic ring is 1. The van der Waals surface area contributed by atoms with Crippen molar-refractivity contribution in [1.29, 1.82) is 0 Å². The smallest absolute Gasteiger partial charge is 0.409 e. The Morgan fingerprint density at radius 1 is 1.13 bits per heavy atom. The normalized spacial score (nSPS) is 13.6. The Bertz CT molecular complexity index is 938. The molecule has 2 heterocycles. The first kappa shape index (κ1) is 22.3. The molecule has 0 bridgehead atoms. The Morgan fingerprint density at radius 2 is 1.77 bits per heavy atom. The number of hydrogen-bond acceptors (Lipinski definition) is 8. The fraction of sp³-hybridized carbons (Fsp3) is 0.400. The Hall–Kier alpha value is -3.34. The van der Waals surface area contributed by atoms with Crippen LogP contribution in [0, 0.1) is 0 Å². The summed E-state index contributed by atoms with van der Waals surface area (Å²) in [6.07, 6.45) is -0.386. The van der Waals surface area contributed by atoms with Crippen molar-refractivity contribution < 1.29 is 23.9 Å². The summed E-state index contributed by atoms with van der Waals surface area (Å²) >= 11 is 0.899. The molecule has 11 heteroatoms. The highest BCUT2D eigenvalue weighted by atomic mass is 32.1. The zero-order valence-electron chi connectivity index (χ0n) is 17.4. The lowest BCUT2D eigenvalue weighted by Crippen LogP contribution is -2.50. The Morgan fingerprint density at radius 3 is 2.39 bits per heavy atom. The van der Waals surface area contributed by atoms with E-state index in [-0.39, 0.29) is 28.3 Å². The molecule has 10 nitrogen and oxygen atoms in total. The minimum Gasteiger partial charge on any atom is -0.497 e. The first-order chi connectivity index (χ1) is 14.9. The summed E-state index contributed by atoms with van der Waals surface area (Å²) in [5.74, 6) is -0.0199. The molecule has 0 radical (unpaired) electrons. The van der Waals surface area contributed by atoms with Gasteiger partial charge in [-0.05, 0) is 36.2 Å². The van der Waals surface area contributed by atoms with Crippen LogP contribution in [0.3, 0.4) is 0 Å². The summed E-state index contributed by atoms with van der Waals surface area (Å²) in [5, 5.41) is 2.76. The number of benzene rings is 1. The van der Waals surface area contributed by atoms with Gasteiger partial charge in [-0.15, -0.1) is 0 Å². The second-order valence-electron chi connectivity index (χ2n) is 6.78. The molecule has 0 unspecified atom stereocenters. The number of nitrogens with two attached hydrogens (primary N) is 1. The van der Waals surface area contributed by atoms with Crippen LogP contribution in [0.15, 0.2) is 24.3 Å². The van der Waals surface area contributed by atoms with Crippen LogP contribution in [0.2, 0.25) is 0 Å². The summed E-state index contributed by atoms with van der Waals surface area (Å²) in [4.78, 5) is 40.5. The molecule has 0 saturated carbocycles. The van der Waals surface area contributed by atoms with Crippen LogP contribution in [0.25, 0.3) is 0 Å². The number of nitrogens with one attached hydrogen (secondary N) is 1. The van der Waals surface area contributed by atoms with E-state index in [4.69, 9.17) is 15.2 Å². The van der Waals surface area contributed by atoms with Crippen LogP contribution in [0.4, 0.5) is 10.5 Å². The highest BCUT2D eigenvalue weighted by Gasteiger charge is 2.29. The molecule has 31 heavy (non-hydrogen) atoms. The first-order valence-corrected chi connectivity index (χ1v) is 10.6. The minimum absolute atomic E-state index is 0.0343. The van der Waals surface area contributed by atoms with Gasteiger partial charge in [-0.2, -0.15) is 4.37 Å². The second kappa shape index (κ2) is 10.1. The molecule has 0 spiro atoms. The van der Waals surface area contributed by atoms with Crippen LogP contribution in [0.5, 0.6) is 5.75 Å². The van der Waals surface area contributed by atoms with Crippen molar-refractivity contribution in [3.8, 4) is 5.75 Å². The zero-order chi connectivity index (χ0) is 22.4. The lowest BCUT2D eigenvalue weighted by atomic mass is 10.2. The molecule has 1 fully saturated rings. The van der Waals surface area contributed by atoms with E-state index in [1.807, 2.05) is 12.1 Å². The van der Waals surface area contributed by atoms with Crippen molar-refractivity contribution in [2.45, 2.75) is 13.5 Å². The number of aromatic nitrogens is 1. The lowest BCUT2D eigenvalue weighted by molar-refractivity contribution is 0.0575. The van der Waals surface area contributed by atoms with E-state index in [9.17, 15) is 14.4 Å². The number of carbonyl (C=O) groups is 3. The number of methoxy groups -OCH3 is 1. The number of carbonyl (C=O) groups excluding carboxylic acids is 3. The summed E-state index contributed by atoms with van der Waals surface area (Å²) in [6.45, 7) is 3.80. The van der Waals surface area contributed by atoms with Crippen LogP contribution in [0.1, 0.15) is 32.6 Å². The van der Waals surface area contributed by atoms with E-state index >= 15 is 0 Å². The first-order valence-electron chi connectivity index (χ1n) is 9.81. The van der Waals surface area contributed by atoms with Gasteiger partial charge in [-0.1, -0.05) is 12.1 Å². The third-order valence-corrected chi connectivity index (χ3v) is 5.69. The molecule has 1 aliphatic rings. The average Bonchev–Trinajstić information content (AvgIpc) is 3.19. The molecular formula is C20H25N5O5S. The second-order valence-corrected chi connectivity index (χ2v) is 7.56. The van der Waals surface area contributed by atoms with Crippen molar-refractivity contribution in [3.05, 3.63) is 40.4 Å². The third kappa shape index (κ3) is 5.23. The van der Waals surface area contributed by atoms with Gasteiger partial charge in [-0.25, -0.2) is 4.79 Å². The van der Waals surface area contributed by atoms with Gasteiger partial charge in [-0.3, -0.25) is 9.59 Å². The molecule has 1 aromatic heterocycles. The van der Waals surface area contributed by atoms with Gasteiger partial charge in [0.25, 0.3) is 11.8 Å². The van der Waals surface area contributed by atoms with E-state index < -0.39 is 5.91 Å². The monoisotopic (exact) mass is 447 g/mol. The zero-order valence-corrected chi connectivity index (χ0v) is 18.2. The highest BCUT2D eigenvalue weighted by Crippen LogP contribution is 2.24. The molecule has 3 rings (SSSR count). The molecule has 0 aliphatic carbocycles. The largest absolute Gasteiger partial charge is 0.497 e. The van der Waals surface area contributed by atoms with Crippen LogP contribution < -0.4 is 15.8 Å². The maximum absolute atomic E-state index is 12.8. The molecule has 3 amide bonds. The van der Waals surface area contributed by atoms with Gasteiger partial charge in [0.1, 0.15) is 10.6 Å². The van der Waals surface area contributed by atoms with Crippen LogP contribution in [-0.4, -0.2) is 72.0 Å². The number of ether oxygens (including phenoxy) is 2. The third-order valence-electron chi connectivity index (χ3n) is 4.84. The van der Waals surface area contributed by atoms with Crippen molar-refractivity contribution >= 4 is 35.1 Å². The highest BCUT2D eigenvalue weighted by molar-refractivity contribution is 7.09. The number of hydrogen-bond donors (Lipinski definition) is 2. The number of piperazine rings is 1. The molecule has 1 saturated heterocycles. The van der Waals surface area contributed by atoms with Gasteiger partial charge in [0.2, 0.25) is 0 Å². The maximum atomic E-state index is 12.8. The van der Waals surface area contributed by atoms with E-state index in [1.165, 1.54) is 0 Å². The van der Waals surface area contributed by atoms with E-state index in [2.05, 4.69) is 9.69 Å². The van der Waals surface area contributed by atoms with Gasteiger partial charge < -0.3 is 30.3 Å². The Labute approximate surface area is 184 Å². The van der Waals surface area contributed by atoms with Gasteiger partial charge >= 0.3 is 6.09 Å². The van der Waals surface area contributed by atoms with E-state index in [0.717, 1.165) is 22.8 Å². The number of anilines is 1. The van der Waals surface area contributed by atoms with Crippen molar-refractivity contribution in [2.75, 3.05) is 45.6 Å². The van der Waals surface area contributed by atoms with E-state index in [0.29, 0.717) is 39.3 Å². The number of rotatable bonds is 6.